The van der Waals surface area contributed by atoms with Crippen LogP contribution in [0.4, 0.5) is 0 Å². The molecule has 1 atom stereocenters. The number of hydrogen-bond acceptors (Lipinski definition) is 4. The van der Waals surface area contributed by atoms with Gasteiger partial charge in [0.2, 0.25) is 0 Å². The zero-order chi connectivity index (χ0) is 13.9. The molecule has 0 spiro atoms. The second kappa shape index (κ2) is 5.91. The van der Waals surface area contributed by atoms with Crippen molar-refractivity contribution in [2.45, 2.75) is 12.6 Å². The monoisotopic (exact) mass is 291 g/mol. The maximum Gasteiger partial charge on any atom is 0.0967 e. The molecule has 3 rings (SSSR count). The van der Waals surface area contributed by atoms with Crippen LogP contribution in [0, 0.1) is 0 Å². The summed E-state index contributed by atoms with van der Waals surface area (Å²) < 4.78 is 1.74. The van der Waals surface area contributed by atoms with Crippen LogP contribution in [0.25, 0.3) is 0 Å². The molecule has 1 saturated heterocycles. The molecule has 5 nitrogen and oxygen atoms in total. The van der Waals surface area contributed by atoms with Crippen molar-refractivity contribution in [2.24, 2.45) is 7.05 Å². The van der Waals surface area contributed by atoms with E-state index in [0.29, 0.717) is 0 Å². The first-order chi connectivity index (χ1) is 9.74. The summed E-state index contributed by atoms with van der Waals surface area (Å²) in [6.07, 6.45) is 1.96. The maximum absolute atomic E-state index is 6.34. The zero-order valence-electron chi connectivity index (χ0n) is 11.5. The van der Waals surface area contributed by atoms with Gasteiger partial charge < -0.3 is 5.32 Å². The lowest BCUT2D eigenvalue weighted by molar-refractivity contribution is 0.152. The molecule has 1 fully saturated rings. The summed E-state index contributed by atoms with van der Waals surface area (Å²) in [4.78, 5) is 2.40. The second-order valence-electron chi connectivity index (χ2n) is 5.10. The summed E-state index contributed by atoms with van der Waals surface area (Å²) in [5.74, 6) is 0. The van der Waals surface area contributed by atoms with E-state index in [0.717, 1.165) is 36.9 Å². The first-order valence-corrected chi connectivity index (χ1v) is 7.16. The number of rotatable bonds is 3. The van der Waals surface area contributed by atoms with E-state index >= 15 is 0 Å². The molecule has 0 aliphatic carbocycles. The van der Waals surface area contributed by atoms with Crippen molar-refractivity contribution < 1.29 is 0 Å². The third-order valence-electron chi connectivity index (χ3n) is 3.63. The summed E-state index contributed by atoms with van der Waals surface area (Å²) in [6.45, 7) is 3.67. The van der Waals surface area contributed by atoms with Crippen LogP contribution in [0.1, 0.15) is 17.3 Å². The Morgan fingerprint density at radius 3 is 3.00 bits per heavy atom. The molecule has 0 amide bonds. The topological polar surface area (TPSA) is 46.0 Å². The summed E-state index contributed by atoms with van der Waals surface area (Å²) in [6, 6.07) is 8.33. The highest BCUT2D eigenvalue weighted by atomic mass is 35.5. The van der Waals surface area contributed by atoms with Crippen molar-refractivity contribution in [3.05, 3.63) is 46.7 Å². The van der Waals surface area contributed by atoms with Crippen LogP contribution in [0.5, 0.6) is 0 Å². The van der Waals surface area contributed by atoms with E-state index in [9.17, 15) is 0 Å². The Morgan fingerprint density at radius 1 is 1.40 bits per heavy atom. The molecule has 0 bridgehead atoms. The van der Waals surface area contributed by atoms with E-state index in [-0.39, 0.29) is 6.04 Å². The van der Waals surface area contributed by atoms with Gasteiger partial charge in [-0.2, -0.15) is 0 Å². The standard InChI is InChI=1S/C14H18ClN5/c1-19-9-11(17-18-19)10-20-7-6-16-8-14(20)12-4-2-3-5-13(12)15/h2-5,9,14,16H,6-8,10H2,1H3. The highest BCUT2D eigenvalue weighted by Gasteiger charge is 2.25. The number of aryl methyl sites for hydroxylation is 1. The number of nitrogens with zero attached hydrogens (tertiary/aromatic N) is 4. The first kappa shape index (κ1) is 13.5. The van der Waals surface area contributed by atoms with Crippen molar-refractivity contribution >= 4 is 11.6 Å². The summed E-state index contributed by atoms with van der Waals surface area (Å²) in [5, 5.41) is 12.4. The Bertz CT molecular complexity index is 582. The molecule has 0 saturated carbocycles. The minimum atomic E-state index is 0.277. The number of halogens is 1. The van der Waals surface area contributed by atoms with Crippen LogP contribution < -0.4 is 5.32 Å². The Kier molecular flexibility index (Phi) is 4.00. The molecule has 2 heterocycles. The predicted molar refractivity (Wildman–Crippen MR) is 78.5 cm³/mol. The maximum atomic E-state index is 6.34. The van der Waals surface area contributed by atoms with E-state index in [1.165, 1.54) is 5.56 Å². The number of benzene rings is 1. The molecular weight excluding hydrogens is 274 g/mol. The fourth-order valence-corrected chi connectivity index (χ4v) is 2.93. The summed E-state index contributed by atoms with van der Waals surface area (Å²) in [7, 11) is 1.89. The number of piperazine rings is 1. The lowest BCUT2D eigenvalue weighted by Gasteiger charge is -2.36. The fraction of sp³-hybridized carbons (Fsp3) is 0.429. The molecule has 1 aromatic carbocycles. The Hall–Kier alpha value is -1.43. The van der Waals surface area contributed by atoms with Gasteiger partial charge in [0.1, 0.15) is 0 Å². The van der Waals surface area contributed by atoms with Crippen LogP contribution in [-0.2, 0) is 13.6 Å². The molecular formula is C14H18ClN5. The Morgan fingerprint density at radius 2 is 2.25 bits per heavy atom. The highest BCUT2D eigenvalue weighted by Crippen LogP contribution is 2.29. The smallest absolute Gasteiger partial charge is 0.0967 e. The molecule has 20 heavy (non-hydrogen) atoms. The van der Waals surface area contributed by atoms with E-state index in [2.05, 4.69) is 26.6 Å². The predicted octanol–water partition coefficient (Wildman–Crippen LogP) is 1.61. The summed E-state index contributed by atoms with van der Waals surface area (Å²) in [5.41, 5.74) is 2.16. The molecule has 1 aliphatic heterocycles. The van der Waals surface area contributed by atoms with Gasteiger partial charge in [0.05, 0.1) is 5.69 Å². The molecule has 0 radical (unpaired) electrons. The largest absolute Gasteiger partial charge is 0.314 e. The minimum absolute atomic E-state index is 0.277. The third kappa shape index (κ3) is 2.85. The van der Waals surface area contributed by atoms with Crippen molar-refractivity contribution in [3.8, 4) is 0 Å². The molecule has 106 valence electrons. The van der Waals surface area contributed by atoms with Gasteiger partial charge in [0.25, 0.3) is 0 Å². The van der Waals surface area contributed by atoms with E-state index < -0.39 is 0 Å². The van der Waals surface area contributed by atoms with Gasteiger partial charge in [-0.15, -0.1) is 5.10 Å². The zero-order valence-corrected chi connectivity index (χ0v) is 12.2. The average Bonchev–Trinajstić information content (AvgIpc) is 2.86. The number of nitrogens with one attached hydrogen (secondary N) is 1. The van der Waals surface area contributed by atoms with Gasteiger partial charge in [-0.1, -0.05) is 35.0 Å². The number of aromatic nitrogens is 3. The Labute approximate surface area is 123 Å². The SMILES string of the molecule is Cn1cc(CN2CCNCC2c2ccccc2Cl)nn1. The van der Waals surface area contributed by atoms with Crippen LogP contribution in [0.2, 0.25) is 5.02 Å². The van der Waals surface area contributed by atoms with E-state index in [4.69, 9.17) is 11.6 Å². The second-order valence-corrected chi connectivity index (χ2v) is 5.50. The lowest BCUT2D eigenvalue weighted by Crippen LogP contribution is -2.45. The average molecular weight is 292 g/mol. The molecule has 1 unspecified atom stereocenters. The van der Waals surface area contributed by atoms with Gasteiger partial charge in [-0.3, -0.25) is 9.58 Å². The normalized spacial score (nSPS) is 20.2. The molecule has 1 aliphatic rings. The van der Waals surface area contributed by atoms with Gasteiger partial charge >= 0.3 is 0 Å². The van der Waals surface area contributed by atoms with Crippen LogP contribution >= 0.6 is 11.6 Å². The fourth-order valence-electron chi connectivity index (χ4n) is 2.66. The molecule has 1 aromatic heterocycles. The third-order valence-corrected chi connectivity index (χ3v) is 3.98. The van der Waals surface area contributed by atoms with Gasteiger partial charge in [0.15, 0.2) is 0 Å². The quantitative estimate of drug-likeness (QED) is 0.933. The molecule has 1 N–H and O–H groups in total. The van der Waals surface area contributed by atoms with Crippen LogP contribution in [0.3, 0.4) is 0 Å². The minimum Gasteiger partial charge on any atom is -0.314 e. The highest BCUT2D eigenvalue weighted by molar-refractivity contribution is 6.31. The number of hydrogen-bond donors (Lipinski definition) is 1. The van der Waals surface area contributed by atoms with E-state index in [1.807, 2.05) is 31.4 Å². The Balaban J connectivity index is 1.82. The van der Waals surface area contributed by atoms with E-state index in [1.54, 1.807) is 4.68 Å². The molecule has 2 aromatic rings. The lowest BCUT2D eigenvalue weighted by atomic mass is 10.0. The molecule has 6 heteroatoms. The van der Waals surface area contributed by atoms with Crippen molar-refractivity contribution in [2.75, 3.05) is 19.6 Å². The first-order valence-electron chi connectivity index (χ1n) is 6.78. The van der Waals surface area contributed by atoms with Gasteiger partial charge in [-0.05, 0) is 11.6 Å². The van der Waals surface area contributed by atoms with Crippen LogP contribution in [-0.4, -0.2) is 39.5 Å². The van der Waals surface area contributed by atoms with Gasteiger partial charge in [0, 0.05) is 50.5 Å². The van der Waals surface area contributed by atoms with Crippen molar-refractivity contribution in [1.82, 2.24) is 25.2 Å². The van der Waals surface area contributed by atoms with Crippen molar-refractivity contribution in [3.63, 3.8) is 0 Å². The van der Waals surface area contributed by atoms with Crippen molar-refractivity contribution in [1.29, 1.82) is 0 Å². The van der Waals surface area contributed by atoms with Crippen LogP contribution in [0.15, 0.2) is 30.5 Å². The summed E-state index contributed by atoms with van der Waals surface area (Å²) >= 11 is 6.34. The van der Waals surface area contributed by atoms with Gasteiger partial charge in [-0.25, -0.2) is 0 Å².